The molecule has 0 unspecified atom stereocenters. The number of aromatic nitrogens is 2. The van der Waals surface area contributed by atoms with Gasteiger partial charge in [0.15, 0.2) is 0 Å². The number of hydrogen-bond donors (Lipinski definition) is 2. The van der Waals surface area contributed by atoms with E-state index in [9.17, 15) is 9.59 Å². The fourth-order valence-electron chi connectivity index (χ4n) is 3.15. The zero-order valence-corrected chi connectivity index (χ0v) is 14.1. The number of nitrogens with zero attached hydrogens (tertiary/aromatic N) is 2. The molecule has 2 aliphatic rings. The Bertz CT molecular complexity index is 736. The van der Waals surface area contributed by atoms with Crippen molar-refractivity contribution in [1.29, 1.82) is 0 Å². The Hall–Kier alpha value is -2.15. The van der Waals surface area contributed by atoms with Gasteiger partial charge in [0.1, 0.15) is 5.69 Å². The summed E-state index contributed by atoms with van der Waals surface area (Å²) in [4.78, 5) is 27.4. The SMILES string of the molecule is O=C(N[C@H]1CCCN(C(=O)c2cccs2)C1)c1cc(C2CC2)[nH]n1. The molecular weight excluding hydrogens is 324 g/mol. The number of carbonyl (C=O) groups is 2. The minimum Gasteiger partial charge on any atom is -0.346 e. The molecule has 0 aromatic carbocycles. The minimum atomic E-state index is -0.159. The van der Waals surface area contributed by atoms with Crippen molar-refractivity contribution in [1.82, 2.24) is 20.4 Å². The van der Waals surface area contributed by atoms with Crippen molar-refractivity contribution < 1.29 is 9.59 Å². The number of nitrogens with one attached hydrogen (secondary N) is 2. The van der Waals surface area contributed by atoms with Crippen LogP contribution in [-0.2, 0) is 0 Å². The molecule has 6 nitrogen and oxygen atoms in total. The van der Waals surface area contributed by atoms with E-state index in [1.807, 2.05) is 28.5 Å². The van der Waals surface area contributed by atoms with Crippen LogP contribution in [0.5, 0.6) is 0 Å². The molecule has 7 heteroatoms. The molecule has 2 N–H and O–H groups in total. The van der Waals surface area contributed by atoms with E-state index >= 15 is 0 Å². The first-order valence-corrected chi connectivity index (χ1v) is 9.27. The van der Waals surface area contributed by atoms with Crippen molar-refractivity contribution in [2.24, 2.45) is 0 Å². The summed E-state index contributed by atoms with van der Waals surface area (Å²) in [6.07, 6.45) is 4.13. The number of carbonyl (C=O) groups excluding carboxylic acids is 2. The molecule has 1 saturated carbocycles. The number of piperidine rings is 1. The van der Waals surface area contributed by atoms with Gasteiger partial charge in [-0.2, -0.15) is 5.10 Å². The topological polar surface area (TPSA) is 78.1 Å². The first kappa shape index (κ1) is 15.4. The van der Waals surface area contributed by atoms with Crippen LogP contribution in [0.2, 0.25) is 0 Å². The van der Waals surface area contributed by atoms with Crippen molar-refractivity contribution in [3.63, 3.8) is 0 Å². The molecule has 1 aliphatic heterocycles. The van der Waals surface area contributed by atoms with E-state index in [1.165, 1.54) is 24.2 Å². The summed E-state index contributed by atoms with van der Waals surface area (Å²) < 4.78 is 0. The third kappa shape index (κ3) is 3.21. The third-order valence-electron chi connectivity index (χ3n) is 4.62. The maximum absolute atomic E-state index is 12.5. The van der Waals surface area contributed by atoms with Crippen molar-refractivity contribution >= 4 is 23.2 Å². The molecule has 2 aromatic rings. The van der Waals surface area contributed by atoms with Gasteiger partial charge in [0, 0.05) is 30.7 Å². The summed E-state index contributed by atoms with van der Waals surface area (Å²) >= 11 is 1.46. The molecule has 1 aliphatic carbocycles. The number of thiophene rings is 1. The molecule has 4 rings (SSSR count). The number of amides is 2. The van der Waals surface area contributed by atoms with Crippen LogP contribution in [0.1, 0.15) is 57.5 Å². The summed E-state index contributed by atoms with van der Waals surface area (Å²) in [6.45, 7) is 1.31. The fraction of sp³-hybridized carbons (Fsp3) is 0.471. The average Bonchev–Trinajstić information content (AvgIpc) is 3.11. The van der Waals surface area contributed by atoms with Crippen LogP contribution in [0.4, 0.5) is 0 Å². The Morgan fingerprint density at radius 2 is 2.21 bits per heavy atom. The third-order valence-corrected chi connectivity index (χ3v) is 5.48. The lowest BCUT2D eigenvalue weighted by Crippen LogP contribution is -2.49. The fourth-order valence-corrected chi connectivity index (χ4v) is 3.84. The van der Waals surface area contributed by atoms with Gasteiger partial charge in [0.05, 0.1) is 4.88 Å². The second-order valence-corrected chi connectivity index (χ2v) is 7.47. The summed E-state index contributed by atoms with van der Waals surface area (Å²) in [5.74, 6) is 0.445. The van der Waals surface area contributed by atoms with Crippen LogP contribution in [0.3, 0.4) is 0 Å². The first-order chi connectivity index (χ1) is 11.7. The Kier molecular flexibility index (Phi) is 4.10. The number of rotatable bonds is 4. The van der Waals surface area contributed by atoms with Crippen molar-refractivity contribution in [3.8, 4) is 0 Å². The highest BCUT2D eigenvalue weighted by molar-refractivity contribution is 7.12. The van der Waals surface area contributed by atoms with Crippen molar-refractivity contribution in [3.05, 3.63) is 39.8 Å². The summed E-state index contributed by atoms with van der Waals surface area (Å²) in [5.41, 5.74) is 1.50. The standard InChI is InChI=1S/C17H20N4O2S/c22-16(14-9-13(19-20-14)11-5-6-11)18-12-3-1-7-21(10-12)17(23)15-4-2-8-24-15/h2,4,8-9,11-12H,1,3,5-7,10H2,(H,18,22)(H,19,20)/t12-/m0/s1. The van der Waals surface area contributed by atoms with E-state index in [0.717, 1.165) is 30.0 Å². The van der Waals surface area contributed by atoms with Gasteiger partial charge in [0.25, 0.3) is 11.8 Å². The molecule has 2 amide bonds. The number of likely N-dealkylation sites (tertiary alicyclic amines) is 1. The number of hydrogen-bond acceptors (Lipinski definition) is 4. The second-order valence-electron chi connectivity index (χ2n) is 6.52. The van der Waals surface area contributed by atoms with Gasteiger partial charge < -0.3 is 10.2 Å². The van der Waals surface area contributed by atoms with E-state index in [4.69, 9.17) is 0 Å². The van der Waals surface area contributed by atoms with E-state index < -0.39 is 0 Å². The highest BCUT2D eigenvalue weighted by Crippen LogP contribution is 2.38. The lowest BCUT2D eigenvalue weighted by Gasteiger charge is -2.32. The molecule has 2 fully saturated rings. The molecule has 126 valence electrons. The van der Waals surface area contributed by atoms with Crippen LogP contribution in [-0.4, -0.2) is 46.0 Å². The maximum atomic E-state index is 12.5. The molecule has 1 atom stereocenters. The van der Waals surface area contributed by atoms with Crippen molar-refractivity contribution in [2.45, 2.75) is 37.6 Å². The lowest BCUT2D eigenvalue weighted by molar-refractivity contribution is 0.0679. The molecule has 0 spiro atoms. The molecular formula is C17H20N4O2S. The highest BCUT2D eigenvalue weighted by Gasteiger charge is 2.29. The number of H-pyrrole nitrogens is 1. The van der Waals surface area contributed by atoms with Gasteiger partial charge in [-0.1, -0.05) is 6.07 Å². The van der Waals surface area contributed by atoms with Crippen LogP contribution < -0.4 is 5.32 Å². The summed E-state index contributed by atoms with van der Waals surface area (Å²) in [7, 11) is 0. The summed E-state index contributed by atoms with van der Waals surface area (Å²) in [5, 5.41) is 12.0. The average molecular weight is 344 g/mol. The first-order valence-electron chi connectivity index (χ1n) is 8.39. The Balaban J connectivity index is 1.37. The largest absolute Gasteiger partial charge is 0.346 e. The normalized spacial score (nSPS) is 20.8. The second kappa shape index (κ2) is 6.39. The highest BCUT2D eigenvalue weighted by atomic mass is 32.1. The van der Waals surface area contributed by atoms with Gasteiger partial charge in [-0.25, -0.2) is 0 Å². The van der Waals surface area contributed by atoms with Crippen LogP contribution in [0, 0.1) is 0 Å². The molecule has 2 aromatic heterocycles. The van der Waals surface area contributed by atoms with Gasteiger partial charge in [-0.3, -0.25) is 14.7 Å². The maximum Gasteiger partial charge on any atom is 0.272 e. The predicted molar refractivity (Wildman–Crippen MR) is 91.3 cm³/mol. The van der Waals surface area contributed by atoms with Gasteiger partial charge in [0.2, 0.25) is 0 Å². The minimum absolute atomic E-state index is 0.0174. The Morgan fingerprint density at radius 3 is 2.96 bits per heavy atom. The van der Waals surface area contributed by atoms with E-state index in [-0.39, 0.29) is 17.9 Å². The van der Waals surface area contributed by atoms with Crippen LogP contribution >= 0.6 is 11.3 Å². The molecule has 3 heterocycles. The van der Waals surface area contributed by atoms with Gasteiger partial charge >= 0.3 is 0 Å². The Labute approximate surface area is 144 Å². The van der Waals surface area contributed by atoms with Crippen molar-refractivity contribution in [2.75, 3.05) is 13.1 Å². The molecule has 0 radical (unpaired) electrons. The molecule has 0 bridgehead atoms. The zero-order valence-electron chi connectivity index (χ0n) is 13.3. The molecule has 1 saturated heterocycles. The quantitative estimate of drug-likeness (QED) is 0.894. The smallest absolute Gasteiger partial charge is 0.272 e. The predicted octanol–water partition coefficient (Wildman–Crippen LogP) is 2.38. The van der Waals surface area contributed by atoms with E-state index in [2.05, 4.69) is 15.5 Å². The number of aromatic amines is 1. The van der Waals surface area contributed by atoms with E-state index in [1.54, 1.807) is 0 Å². The summed E-state index contributed by atoms with van der Waals surface area (Å²) in [6, 6.07) is 5.56. The lowest BCUT2D eigenvalue weighted by atomic mass is 10.1. The van der Waals surface area contributed by atoms with Gasteiger partial charge in [-0.05, 0) is 43.2 Å². The van der Waals surface area contributed by atoms with Crippen LogP contribution in [0.15, 0.2) is 23.6 Å². The monoisotopic (exact) mass is 344 g/mol. The van der Waals surface area contributed by atoms with E-state index in [0.29, 0.717) is 18.2 Å². The Morgan fingerprint density at radius 1 is 1.33 bits per heavy atom. The van der Waals surface area contributed by atoms with Gasteiger partial charge in [-0.15, -0.1) is 11.3 Å². The zero-order chi connectivity index (χ0) is 16.5. The molecule has 24 heavy (non-hydrogen) atoms. The van der Waals surface area contributed by atoms with Crippen LogP contribution in [0.25, 0.3) is 0 Å².